The average molecular weight is 94.1 g/mol. The van der Waals surface area contributed by atoms with E-state index in [0.717, 1.165) is 0 Å². The number of hydrogen-bond acceptors (Lipinski definition) is 1. The van der Waals surface area contributed by atoms with Gasteiger partial charge in [-0.2, -0.15) is 0 Å². The second-order valence-electron chi connectivity index (χ2n) is 0.455. The van der Waals surface area contributed by atoms with Crippen LogP contribution in [0, 0.1) is 5.41 Å². The zero-order valence-corrected chi connectivity index (χ0v) is 3.81. The van der Waals surface area contributed by atoms with Crippen LogP contribution in [0.2, 0.25) is 0 Å². The number of amidine groups is 1. The minimum atomic E-state index is 0. The van der Waals surface area contributed by atoms with E-state index in [9.17, 15) is 0 Å². The van der Waals surface area contributed by atoms with Crippen LogP contribution in [0.25, 0.3) is 0 Å². The van der Waals surface area contributed by atoms with E-state index >= 15 is 0 Å². The van der Waals surface area contributed by atoms with Gasteiger partial charge in [0.05, 0.1) is 0 Å². The lowest BCUT2D eigenvalue weighted by molar-refractivity contribution is 0.824. The van der Waals surface area contributed by atoms with Crippen molar-refractivity contribution in [3.63, 3.8) is 0 Å². The molecule has 0 heterocycles. The van der Waals surface area contributed by atoms with Crippen LogP contribution in [0.4, 0.5) is 0 Å². The van der Waals surface area contributed by atoms with Gasteiger partial charge in [-0.15, -0.1) is 0 Å². The topological polar surface area (TPSA) is 81.4 Å². The van der Waals surface area contributed by atoms with Crippen LogP contribution < -0.4 is 5.73 Å². The van der Waals surface area contributed by atoms with Crippen molar-refractivity contribution < 1.29 is 5.48 Å². The number of nitrogens with one attached hydrogen (secondary N) is 1. The fourth-order valence-electron chi connectivity index (χ4n) is 0. The summed E-state index contributed by atoms with van der Waals surface area (Å²) in [5.41, 5.74) is 4.74. The van der Waals surface area contributed by atoms with Gasteiger partial charge in [-0.1, -0.05) is 9.24 Å². The van der Waals surface area contributed by atoms with Gasteiger partial charge in [0.2, 0.25) is 0 Å². The lowest BCUT2D eigenvalue weighted by atomic mass is 11.4. The molecular formula is CH7N2OP. The van der Waals surface area contributed by atoms with Crippen molar-refractivity contribution >= 4 is 14.8 Å². The smallest absolute Gasteiger partial charge is 0.107 e. The van der Waals surface area contributed by atoms with Crippen molar-refractivity contribution in [2.45, 2.75) is 0 Å². The number of rotatable bonds is 0. The predicted octanol–water partition coefficient (Wildman–Crippen LogP) is -1.07. The SMILES string of the molecule is N=C(N)P.O. The summed E-state index contributed by atoms with van der Waals surface area (Å²) in [6.45, 7) is 0. The molecule has 4 heteroatoms. The summed E-state index contributed by atoms with van der Waals surface area (Å²) in [6.07, 6.45) is 0. The molecule has 0 bridgehead atoms. The zero-order chi connectivity index (χ0) is 3.58. The first-order valence-corrected chi connectivity index (χ1v) is 1.40. The van der Waals surface area contributed by atoms with Crippen LogP contribution in [0.5, 0.6) is 0 Å². The van der Waals surface area contributed by atoms with Crippen molar-refractivity contribution in [2.75, 3.05) is 0 Å². The van der Waals surface area contributed by atoms with E-state index < -0.39 is 0 Å². The Morgan fingerprint density at radius 2 is 1.80 bits per heavy atom. The quantitative estimate of drug-likeness (QED) is 0.223. The summed E-state index contributed by atoms with van der Waals surface area (Å²) in [7, 11) is 2.02. The average Bonchev–Trinajstić information content (AvgIpc) is 0.811. The van der Waals surface area contributed by atoms with Crippen LogP contribution >= 0.6 is 9.24 Å². The summed E-state index contributed by atoms with van der Waals surface area (Å²) >= 11 is 0. The van der Waals surface area contributed by atoms with E-state index in [4.69, 9.17) is 5.41 Å². The molecule has 0 saturated carbocycles. The maximum Gasteiger partial charge on any atom is 0.107 e. The van der Waals surface area contributed by atoms with Crippen molar-refractivity contribution in [2.24, 2.45) is 5.73 Å². The van der Waals surface area contributed by atoms with Crippen molar-refractivity contribution in [3.8, 4) is 0 Å². The standard InChI is InChI=1S/CH5N2P.H2O/c2-1(3)4;/h4H2,(H3,2,3);1H2. The van der Waals surface area contributed by atoms with Gasteiger partial charge in [0, 0.05) is 0 Å². The highest BCUT2D eigenvalue weighted by molar-refractivity contribution is 7.40. The van der Waals surface area contributed by atoms with Gasteiger partial charge in [-0.05, 0) is 0 Å². The first kappa shape index (κ1) is 8.85. The van der Waals surface area contributed by atoms with E-state index in [1.165, 1.54) is 0 Å². The molecule has 1 atom stereocenters. The second kappa shape index (κ2) is 3.86. The van der Waals surface area contributed by atoms with Gasteiger partial charge in [0.25, 0.3) is 0 Å². The molecule has 0 aromatic carbocycles. The molecule has 0 radical (unpaired) electrons. The summed E-state index contributed by atoms with van der Waals surface area (Å²) in [6, 6.07) is 0. The van der Waals surface area contributed by atoms with Gasteiger partial charge in [0.1, 0.15) is 5.58 Å². The minimum Gasteiger partial charge on any atom is -0.412 e. The maximum absolute atomic E-state index is 6.24. The molecule has 3 nitrogen and oxygen atoms in total. The second-order valence-corrected chi connectivity index (χ2v) is 1.08. The summed E-state index contributed by atoms with van der Waals surface area (Å²) in [5, 5.41) is 6.24. The maximum atomic E-state index is 6.24. The Hall–Kier alpha value is -0.140. The number of hydrogen-bond donors (Lipinski definition) is 2. The molecular weight excluding hydrogens is 87.0 g/mol. The summed E-state index contributed by atoms with van der Waals surface area (Å²) < 4.78 is 0. The Bertz CT molecular complexity index is 32.6. The monoisotopic (exact) mass is 94.0 g/mol. The van der Waals surface area contributed by atoms with Crippen molar-refractivity contribution in [1.82, 2.24) is 0 Å². The molecule has 0 aliphatic carbocycles. The van der Waals surface area contributed by atoms with Gasteiger partial charge in [0.15, 0.2) is 0 Å². The third-order valence-electron chi connectivity index (χ3n) is 0. The molecule has 0 aliphatic rings. The highest BCUT2D eigenvalue weighted by Gasteiger charge is 1.53. The third kappa shape index (κ3) is 681. The van der Waals surface area contributed by atoms with E-state index in [-0.39, 0.29) is 11.1 Å². The lowest BCUT2D eigenvalue weighted by Gasteiger charge is -1.66. The van der Waals surface area contributed by atoms with Gasteiger partial charge in [-0.3, -0.25) is 5.41 Å². The molecule has 5 N–H and O–H groups in total. The molecule has 0 aromatic rings. The molecule has 32 valence electrons. The first-order valence-electron chi connectivity index (χ1n) is 0.827. The third-order valence-corrected chi connectivity index (χ3v) is 0. The summed E-state index contributed by atoms with van der Waals surface area (Å²) in [4.78, 5) is 0. The first-order chi connectivity index (χ1) is 1.73. The van der Waals surface area contributed by atoms with Crippen molar-refractivity contribution in [3.05, 3.63) is 0 Å². The van der Waals surface area contributed by atoms with Crippen LogP contribution in [0.1, 0.15) is 0 Å². The zero-order valence-electron chi connectivity index (χ0n) is 2.65. The Kier molecular flexibility index (Phi) is 6.83. The molecule has 0 amide bonds. The molecule has 0 saturated heterocycles. The molecule has 0 aliphatic heterocycles. The highest BCUT2D eigenvalue weighted by atomic mass is 31.0. The molecule has 5 heavy (non-hydrogen) atoms. The molecule has 1 unspecified atom stereocenters. The fourth-order valence-corrected chi connectivity index (χ4v) is 0. The molecule has 0 fully saturated rings. The van der Waals surface area contributed by atoms with Gasteiger partial charge < -0.3 is 11.2 Å². The Morgan fingerprint density at radius 3 is 1.80 bits per heavy atom. The largest absolute Gasteiger partial charge is 0.412 e. The van der Waals surface area contributed by atoms with E-state index in [1.807, 2.05) is 9.24 Å². The fraction of sp³-hybridized carbons (Fsp3) is 0. The van der Waals surface area contributed by atoms with Crippen LogP contribution in [0.3, 0.4) is 0 Å². The van der Waals surface area contributed by atoms with E-state index in [1.54, 1.807) is 0 Å². The number of nitrogens with two attached hydrogens (primary N) is 1. The molecule has 0 rings (SSSR count). The van der Waals surface area contributed by atoms with Crippen LogP contribution in [-0.2, 0) is 0 Å². The van der Waals surface area contributed by atoms with Crippen LogP contribution in [-0.4, -0.2) is 11.1 Å². The van der Waals surface area contributed by atoms with E-state index in [2.05, 4.69) is 5.73 Å². The van der Waals surface area contributed by atoms with Crippen molar-refractivity contribution in [1.29, 1.82) is 5.41 Å². The summed E-state index contributed by atoms with van der Waals surface area (Å²) in [5.74, 6) is 0. The Labute approximate surface area is 32.6 Å². The van der Waals surface area contributed by atoms with Crippen LogP contribution in [0.15, 0.2) is 0 Å². The normalized spacial score (nSPS) is 5.00. The predicted molar refractivity (Wildman–Crippen MR) is 25.2 cm³/mol. The van der Waals surface area contributed by atoms with E-state index in [0.29, 0.717) is 0 Å². The lowest BCUT2D eigenvalue weighted by Crippen LogP contribution is -1.95. The minimum absolute atomic E-state index is 0. The molecule has 0 aromatic heterocycles. The molecule has 0 spiro atoms. The Balaban J connectivity index is 0. The highest BCUT2D eigenvalue weighted by Crippen LogP contribution is 1.66. The van der Waals surface area contributed by atoms with Gasteiger partial charge >= 0.3 is 0 Å². The Morgan fingerprint density at radius 1 is 1.80 bits per heavy atom. The van der Waals surface area contributed by atoms with Gasteiger partial charge in [-0.25, -0.2) is 0 Å².